The van der Waals surface area contributed by atoms with Crippen molar-refractivity contribution in [2.75, 3.05) is 24.7 Å². The van der Waals surface area contributed by atoms with Crippen molar-refractivity contribution in [1.82, 2.24) is 28.7 Å². The fourth-order valence-electron chi connectivity index (χ4n) is 7.78. The van der Waals surface area contributed by atoms with Crippen LogP contribution in [0, 0.1) is 13.8 Å². The van der Waals surface area contributed by atoms with Gasteiger partial charge in [0.25, 0.3) is 11.8 Å². The molecule has 60 heavy (non-hydrogen) atoms. The SMILES string of the molecule is CCO[C@H](CN1C(=NC(=O)c2cc(C)nn2CC)C(C)c2cc(C(N)=O)cc(O)c21)[C@@H](Cn1c(=NC(=O)c2cc(C)nn2CC)n(C)c2cc(C(N)=O)cc(O)c21)OCC. The van der Waals surface area contributed by atoms with Crippen LogP contribution in [-0.2, 0) is 36.2 Å². The van der Waals surface area contributed by atoms with E-state index in [0.717, 1.165) is 0 Å². The summed E-state index contributed by atoms with van der Waals surface area (Å²) < 4.78 is 19.1. The van der Waals surface area contributed by atoms with E-state index in [0.29, 0.717) is 41.2 Å². The van der Waals surface area contributed by atoms with Crippen LogP contribution in [0.15, 0.2) is 46.4 Å². The molecule has 6 rings (SSSR count). The van der Waals surface area contributed by atoms with Gasteiger partial charge >= 0.3 is 0 Å². The molecular weight excluding hydrogens is 775 g/mol. The lowest BCUT2D eigenvalue weighted by atomic mass is 9.99. The van der Waals surface area contributed by atoms with E-state index in [-0.39, 0.29) is 77.3 Å². The van der Waals surface area contributed by atoms with Crippen molar-refractivity contribution in [1.29, 1.82) is 0 Å². The van der Waals surface area contributed by atoms with E-state index in [2.05, 4.69) is 20.2 Å². The molecule has 0 fully saturated rings. The number of imidazole rings is 1. The van der Waals surface area contributed by atoms with Gasteiger partial charge in [0.05, 0.1) is 35.7 Å². The largest absolute Gasteiger partial charge is 0.506 e. The van der Waals surface area contributed by atoms with E-state index in [4.69, 9.17) is 20.9 Å². The van der Waals surface area contributed by atoms with Crippen molar-refractivity contribution in [2.45, 2.75) is 86.2 Å². The maximum absolute atomic E-state index is 13.9. The van der Waals surface area contributed by atoms with Crippen LogP contribution in [0.25, 0.3) is 11.0 Å². The first-order valence-electron chi connectivity index (χ1n) is 19.7. The molecule has 1 aliphatic rings. The maximum atomic E-state index is 13.9. The Kier molecular flexibility index (Phi) is 12.4. The number of phenols is 2. The van der Waals surface area contributed by atoms with Crippen LogP contribution in [0.1, 0.15) is 99.2 Å². The second-order valence-electron chi connectivity index (χ2n) is 14.5. The van der Waals surface area contributed by atoms with Gasteiger partial charge in [-0.1, -0.05) is 6.92 Å². The number of amidine groups is 1. The van der Waals surface area contributed by atoms with Crippen molar-refractivity contribution in [3.63, 3.8) is 0 Å². The summed E-state index contributed by atoms with van der Waals surface area (Å²) in [6.45, 7) is 13.9. The topological polar surface area (TPSA) is 253 Å². The Bertz CT molecular complexity index is 2610. The van der Waals surface area contributed by atoms with Gasteiger partial charge < -0.3 is 45.2 Å². The number of anilines is 1. The Morgan fingerprint density at radius 3 is 1.82 bits per heavy atom. The zero-order chi connectivity index (χ0) is 43.7. The average Bonchev–Trinajstić information content (AvgIpc) is 3.92. The highest BCUT2D eigenvalue weighted by molar-refractivity contribution is 6.16. The average molecular weight is 826 g/mol. The summed E-state index contributed by atoms with van der Waals surface area (Å²) in [6.07, 6.45) is -1.68. The smallest absolute Gasteiger partial charge is 0.298 e. The molecule has 0 saturated carbocycles. The van der Waals surface area contributed by atoms with Crippen LogP contribution in [-0.4, -0.2) is 100 Å². The third kappa shape index (κ3) is 8.04. The fourth-order valence-corrected chi connectivity index (χ4v) is 7.78. The third-order valence-corrected chi connectivity index (χ3v) is 10.5. The number of aromatic hydroxyl groups is 2. The van der Waals surface area contributed by atoms with E-state index in [1.807, 2.05) is 13.8 Å². The standard InChI is InChI=1S/C41H51N11O8/c1-9-51-28(13-21(5)46-51)39(57)44-38-23(7)26-15-24(36(42)55)17-30(53)34(26)49(38)19-32(59-11-3)33(60-12-4)20-50-35-27(16-25(37(43)56)18-31(35)54)48(8)41(50)45-40(58)29-14-22(6)47-52(29)10-2/h13-18,23,32-33,53-54H,9-12,19-20H2,1-8H3,(H2,42,55)(H2,43,56)/t23?,32-,33-/m1/s1. The van der Waals surface area contributed by atoms with E-state index in [1.54, 1.807) is 83.3 Å². The number of nitrogens with zero attached hydrogens (tertiary/aromatic N) is 9. The number of hydrogen-bond donors (Lipinski definition) is 4. The molecule has 318 valence electrons. The predicted octanol–water partition coefficient (Wildman–Crippen LogP) is 3.05. The zero-order valence-corrected chi connectivity index (χ0v) is 35.0. The summed E-state index contributed by atoms with van der Waals surface area (Å²) in [5, 5.41) is 31.8. The quantitative estimate of drug-likeness (QED) is 0.119. The summed E-state index contributed by atoms with van der Waals surface area (Å²) >= 11 is 0. The Hall–Kier alpha value is -6.60. The molecule has 4 heterocycles. The number of ether oxygens (including phenoxy) is 2. The van der Waals surface area contributed by atoms with Crippen molar-refractivity contribution in [2.24, 2.45) is 28.5 Å². The number of carbonyl (C=O) groups excluding carboxylic acids is 4. The Morgan fingerprint density at radius 2 is 1.28 bits per heavy atom. The van der Waals surface area contributed by atoms with Gasteiger partial charge in [0.2, 0.25) is 17.4 Å². The van der Waals surface area contributed by atoms with Crippen LogP contribution in [0.5, 0.6) is 11.5 Å². The number of amides is 4. The molecule has 1 aliphatic heterocycles. The Labute approximate surface area is 345 Å². The summed E-state index contributed by atoms with van der Waals surface area (Å²) in [6, 6.07) is 8.88. The second-order valence-corrected chi connectivity index (χ2v) is 14.5. The van der Waals surface area contributed by atoms with Crippen LogP contribution < -0.4 is 22.0 Å². The Morgan fingerprint density at radius 1 is 0.767 bits per heavy atom. The molecule has 4 amide bonds. The minimum Gasteiger partial charge on any atom is -0.506 e. The number of benzene rings is 2. The van der Waals surface area contributed by atoms with Gasteiger partial charge in [-0.3, -0.25) is 28.5 Å². The molecule has 0 bridgehead atoms. The number of phenolic OH excluding ortho intramolecular Hbond substituents is 2. The van der Waals surface area contributed by atoms with Gasteiger partial charge in [-0.15, -0.1) is 0 Å². The van der Waals surface area contributed by atoms with E-state index in [9.17, 15) is 29.4 Å². The lowest BCUT2D eigenvalue weighted by Gasteiger charge is -2.32. The summed E-state index contributed by atoms with van der Waals surface area (Å²) in [5.74, 6) is -3.55. The molecule has 19 heteroatoms. The first-order chi connectivity index (χ1) is 28.5. The van der Waals surface area contributed by atoms with Crippen LogP contribution in [0.3, 0.4) is 0 Å². The van der Waals surface area contributed by atoms with E-state index >= 15 is 0 Å². The van der Waals surface area contributed by atoms with Gasteiger partial charge in [-0.25, -0.2) is 0 Å². The molecule has 3 atom stereocenters. The number of aryl methyl sites for hydroxylation is 5. The first kappa shape index (κ1) is 43.0. The second kappa shape index (κ2) is 17.3. The van der Waals surface area contributed by atoms with Gasteiger partial charge in [0.15, 0.2) is 0 Å². The predicted molar refractivity (Wildman–Crippen MR) is 221 cm³/mol. The van der Waals surface area contributed by atoms with Crippen molar-refractivity contribution < 1.29 is 38.9 Å². The molecular formula is C41H51N11O8. The molecule has 2 aromatic carbocycles. The minimum absolute atomic E-state index is 0.0268. The number of rotatable bonds is 15. The number of primary amides is 2. The van der Waals surface area contributed by atoms with E-state index in [1.165, 1.54) is 18.2 Å². The van der Waals surface area contributed by atoms with Crippen LogP contribution >= 0.6 is 0 Å². The molecule has 1 unspecified atom stereocenters. The number of hydrogen-bond acceptors (Lipinski definition) is 10. The molecule has 0 spiro atoms. The molecule has 19 nitrogen and oxygen atoms in total. The highest BCUT2D eigenvalue weighted by Crippen LogP contribution is 2.45. The van der Waals surface area contributed by atoms with Crippen LogP contribution in [0.4, 0.5) is 5.69 Å². The maximum Gasteiger partial charge on any atom is 0.298 e. The third-order valence-electron chi connectivity index (χ3n) is 10.5. The summed E-state index contributed by atoms with van der Waals surface area (Å²) in [5.41, 5.74) is 14.7. The first-order valence-corrected chi connectivity index (χ1v) is 19.7. The lowest BCUT2D eigenvalue weighted by Crippen LogP contribution is -2.47. The zero-order valence-electron chi connectivity index (χ0n) is 35.0. The van der Waals surface area contributed by atoms with Crippen molar-refractivity contribution >= 4 is 46.2 Å². The molecule has 0 aliphatic carbocycles. The van der Waals surface area contributed by atoms with Gasteiger partial charge in [0, 0.05) is 50.4 Å². The van der Waals surface area contributed by atoms with Crippen molar-refractivity contribution in [3.05, 3.63) is 81.5 Å². The van der Waals surface area contributed by atoms with Crippen molar-refractivity contribution in [3.8, 4) is 11.5 Å². The normalized spacial score (nSPS) is 15.9. The number of aromatic nitrogens is 6. The highest BCUT2D eigenvalue weighted by atomic mass is 16.5. The van der Waals surface area contributed by atoms with Crippen LogP contribution in [0.2, 0.25) is 0 Å². The van der Waals surface area contributed by atoms with Gasteiger partial charge in [-0.2, -0.15) is 20.2 Å². The molecule has 0 saturated heterocycles. The van der Waals surface area contributed by atoms with Gasteiger partial charge in [0.1, 0.15) is 46.4 Å². The fraction of sp³-hybridized carbons (Fsp3) is 0.415. The molecule has 0 radical (unpaired) electrons. The van der Waals surface area contributed by atoms with E-state index < -0.39 is 41.8 Å². The molecule has 6 N–H and O–H groups in total. The Balaban J connectivity index is 1.51. The number of fused-ring (bicyclic) bond motifs is 2. The summed E-state index contributed by atoms with van der Waals surface area (Å²) in [7, 11) is 1.64. The monoisotopic (exact) mass is 825 g/mol. The lowest BCUT2D eigenvalue weighted by molar-refractivity contribution is -0.0688. The summed E-state index contributed by atoms with van der Waals surface area (Å²) in [4.78, 5) is 63.3. The number of carbonyl (C=O) groups is 4. The number of aliphatic imine (C=N–C) groups is 1. The number of nitrogens with two attached hydrogens (primary N) is 2. The minimum atomic E-state index is -0.847. The molecule has 5 aromatic rings. The highest BCUT2D eigenvalue weighted by Gasteiger charge is 2.40. The van der Waals surface area contributed by atoms with Gasteiger partial charge in [-0.05, 0) is 83.5 Å². The molecule has 3 aromatic heterocycles.